The molecular weight excluding hydrogens is 394 g/mol. The molecule has 0 saturated carbocycles. The molecule has 6 heteroatoms. The van der Waals surface area contributed by atoms with Crippen LogP contribution in [0.15, 0.2) is 46.8 Å². The summed E-state index contributed by atoms with van der Waals surface area (Å²) in [6.07, 6.45) is 2.46. The maximum absolute atomic E-state index is 11.3. The molecule has 1 aromatic heterocycles. The van der Waals surface area contributed by atoms with Crippen LogP contribution in [-0.4, -0.2) is 42.9 Å². The van der Waals surface area contributed by atoms with Crippen molar-refractivity contribution in [3.63, 3.8) is 0 Å². The van der Waals surface area contributed by atoms with Crippen molar-refractivity contribution in [2.24, 2.45) is 4.99 Å². The van der Waals surface area contributed by atoms with Crippen LogP contribution in [0, 0.1) is 20.8 Å². The van der Waals surface area contributed by atoms with Crippen LogP contribution >= 0.6 is 11.3 Å². The third-order valence-corrected chi connectivity index (χ3v) is 5.74. The Morgan fingerprint density at radius 2 is 1.90 bits per heavy atom. The van der Waals surface area contributed by atoms with Crippen molar-refractivity contribution in [3.05, 3.63) is 69.0 Å². The average molecular weight is 422 g/mol. The number of carbonyl (C=O) groups excluding carboxylic acids is 1. The van der Waals surface area contributed by atoms with Gasteiger partial charge in [-0.15, -0.1) is 11.3 Å². The van der Waals surface area contributed by atoms with E-state index in [2.05, 4.69) is 72.3 Å². The highest BCUT2D eigenvalue weighted by molar-refractivity contribution is 7.10. The molecule has 0 amide bonds. The molecule has 1 heterocycles. The van der Waals surface area contributed by atoms with E-state index >= 15 is 0 Å². The van der Waals surface area contributed by atoms with Crippen LogP contribution in [0.1, 0.15) is 27.3 Å². The average Bonchev–Trinajstić information content (AvgIpc) is 3.18. The molecule has 0 bridgehead atoms. The lowest BCUT2D eigenvalue weighted by atomic mass is 10.0. The lowest BCUT2D eigenvalue weighted by Gasteiger charge is -2.12. The molecular formula is C24H27N3O2S. The van der Waals surface area contributed by atoms with E-state index in [0.29, 0.717) is 0 Å². The Bertz CT molecular complexity index is 1050. The molecule has 156 valence electrons. The first kappa shape index (κ1) is 21.7. The smallest absolute Gasteiger partial charge is 0.325 e. The summed E-state index contributed by atoms with van der Waals surface area (Å²) in [5.41, 5.74) is 7.84. The Hall–Kier alpha value is -2.99. The van der Waals surface area contributed by atoms with E-state index in [-0.39, 0.29) is 12.5 Å². The highest BCUT2D eigenvalue weighted by Gasteiger charge is 2.10. The van der Waals surface area contributed by atoms with E-state index in [1.165, 1.54) is 23.8 Å². The Morgan fingerprint density at radius 3 is 2.60 bits per heavy atom. The molecule has 0 spiro atoms. The second-order valence-electron chi connectivity index (χ2n) is 7.47. The predicted molar refractivity (Wildman–Crippen MR) is 124 cm³/mol. The van der Waals surface area contributed by atoms with E-state index in [4.69, 9.17) is 4.98 Å². The number of aromatic nitrogens is 1. The molecule has 0 N–H and O–H groups in total. The van der Waals surface area contributed by atoms with E-state index in [1.807, 2.05) is 0 Å². The van der Waals surface area contributed by atoms with Crippen LogP contribution in [0.5, 0.6) is 0 Å². The molecule has 0 unspecified atom stereocenters. The van der Waals surface area contributed by atoms with Crippen molar-refractivity contribution < 1.29 is 9.53 Å². The highest BCUT2D eigenvalue weighted by Crippen LogP contribution is 2.28. The molecule has 5 nitrogen and oxygen atoms in total. The number of esters is 1. The Labute approximate surface area is 182 Å². The second kappa shape index (κ2) is 9.67. The van der Waals surface area contributed by atoms with Crippen molar-refractivity contribution in [2.75, 3.05) is 20.7 Å². The highest BCUT2D eigenvalue weighted by atomic mass is 32.1. The van der Waals surface area contributed by atoms with Gasteiger partial charge in [0, 0.05) is 24.4 Å². The zero-order valence-electron chi connectivity index (χ0n) is 18.1. The number of nitrogens with zero attached hydrogens (tertiary/aromatic N) is 3. The summed E-state index contributed by atoms with van der Waals surface area (Å²) in [5, 5.41) is 3.22. The zero-order valence-corrected chi connectivity index (χ0v) is 18.9. The largest absolute Gasteiger partial charge is 0.468 e. The van der Waals surface area contributed by atoms with Gasteiger partial charge in [0.05, 0.1) is 29.8 Å². The van der Waals surface area contributed by atoms with Crippen molar-refractivity contribution in [3.8, 4) is 11.3 Å². The number of carbonyl (C=O) groups is 1. The SMILES string of the molecule is COC(=O)CN(C)C=Nc1cc(C)c(Cc2nc(-c3ccc(C)cc3)cs2)cc1C. The van der Waals surface area contributed by atoms with Gasteiger partial charge in [0.15, 0.2) is 0 Å². The molecule has 0 atom stereocenters. The maximum atomic E-state index is 11.3. The molecule has 2 aromatic carbocycles. The zero-order chi connectivity index (χ0) is 21.7. The fraction of sp³-hybridized carbons (Fsp3) is 0.292. The monoisotopic (exact) mass is 421 g/mol. The van der Waals surface area contributed by atoms with Gasteiger partial charge in [0.1, 0.15) is 6.54 Å². The minimum atomic E-state index is -0.291. The van der Waals surface area contributed by atoms with Crippen molar-refractivity contribution in [1.82, 2.24) is 9.88 Å². The number of rotatable bonds is 7. The van der Waals surface area contributed by atoms with Crippen LogP contribution in [0.2, 0.25) is 0 Å². The molecule has 30 heavy (non-hydrogen) atoms. The number of benzene rings is 2. The lowest BCUT2D eigenvalue weighted by molar-refractivity contribution is -0.140. The van der Waals surface area contributed by atoms with Gasteiger partial charge >= 0.3 is 5.97 Å². The summed E-state index contributed by atoms with van der Waals surface area (Å²) in [5.74, 6) is -0.291. The Balaban J connectivity index is 1.73. The number of aliphatic imine (C=N–C) groups is 1. The van der Waals surface area contributed by atoms with Gasteiger partial charge in [-0.3, -0.25) is 4.79 Å². The first-order valence-electron chi connectivity index (χ1n) is 9.78. The molecule has 0 saturated heterocycles. The fourth-order valence-corrected chi connectivity index (χ4v) is 3.90. The number of methoxy groups -OCH3 is 1. The summed E-state index contributed by atoms with van der Waals surface area (Å²) in [7, 11) is 3.18. The normalized spacial score (nSPS) is 11.1. The first-order valence-corrected chi connectivity index (χ1v) is 10.7. The van der Waals surface area contributed by atoms with Crippen LogP contribution in [0.3, 0.4) is 0 Å². The summed E-state index contributed by atoms with van der Waals surface area (Å²) in [6.45, 7) is 6.41. The van der Waals surface area contributed by atoms with Crippen LogP contribution in [0.25, 0.3) is 11.3 Å². The van der Waals surface area contributed by atoms with E-state index in [0.717, 1.165) is 33.9 Å². The van der Waals surface area contributed by atoms with Crippen LogP contribution in [0.4, 0.5) is 5.69 Å². The fourth-order valence-electron chi connectivity index (χ4n) is 3.07. The summed E-state index contributed by atoms with van der Waals surface area (Å²) in [6, 6.07) is 12.7. The van der Waals surface area contributed by atoms with Gasteiger partial charge < -0.3 is 9.64 Å². The quantitative estimate of drug-likeness (QED) is 0.303. The molecule has 3 aromatic rings. The molecule has 0 aliphatic heterocycles. The molecule has 3 rings (SSSR count). The lowest BCUT2D eigenvalue weighted by Crippen LogP contribution is -2.25. The predicted octanol–water partition coefficient (Wildman–Crippen LogP) is 5.09. The molecule has 0 radical (unpaired) electrons. The first-order chi connectivity index (χ1) is 14.4. The Morgan fingerprint density at radius 1 is 1.17 bits per heavy atom. The Kier molecular flexibility index (Phi) is 7.00. The van der Waals surface area contributed by atoms with Gasteiger partial charge in [0.2, 0.25) is 0 Å². The standard InChI is InChI=1S/C24H27N3O2S/c1-16-6-8-19(9-7-16)22-14-30-23(26-22)12-20-10-18(3)21(11-17(20)2)25-15-27(4)13-24(28)29-5/h6-11,14-15H,12-13H2,1-5H3. The third kappa shape index (κ3) is 5.54. The van der Waals surface area contributed by atoms with E-state index < -0.39 is 0 Å². The number of hydrogen-bond donors (Lipinski definition) is 0. The minimum Gasteiger partial charge on any atom is -0.468 e. The third-order valence-electron chi connectivity index (χ3n) is 4.90. The van der Waals surface area contributed by atoms with Gasteiger partial charge in [-0.05, 0) is 43.5 Å². The minimum absolute atomic E-state index is 0.170. The number of ether oxygens (including phenoxy) is 1. The number of aryl methyl sites for hydroxylation is 3. The molecule has 0 aliphatic carbocycles. The van der Waals surface area contributed by atoms with Crippen LogP contribution in [-0.2, 0) is 16.0 Å². The maximum Gasteiger partial charge on any atom is 0.325 e. The van der Waals surface area contributed by atoms with Gasteiger partial charge in [-0.1, -0.05) is 35.9 Å². The summed E-state index contributed by atoms with van der Waals surface area (Å²) >= 11 is 1.69. The van der Waals surface area contributed by atoms with Gasteiger partial charge in [-0.2, -0.15) is 0 Å². The number of thiazole rings is 1. The molecule has 0 fully saturated rings. The van der Waals surface area contributed by atoms with Crippen LogP contribution < -0.4 is 0 Å². The van der Waals surface area contributed by atoms with Gasteiger partial charge in [-0.25, -0.2) is 9.98 Å². The van der Waals surface area contributed by atoms with Crippen molar-refractivity contribution in [2.45, 2.75) is 27.2 Å². The van der Waals surface area contributed by atoms with E-state index in [1.54, 1.807) is 29.6 Å². The number of likely N-dealkylation sites (N-methyl/N-ethyl adjacent to an activating group) is 1. The van der Waals surface area contributed by atoms with Crippen molar-refractivity contribution >= 4 is 29.3 Å². The summed E-state index contributed by atoms with van der Waals surface area (Å²) < 4.78 is 4.68. The van der Waals surface area contributed by atoms with E-state index in [9.17, 15) is 4.79 Å². The second-order valence-corrected chi connectivity index (χ2v) is 8.41. The van der Waals surface area contributed by atoms with Gasteiger partial charge in [0.25, 0.3) is 0 Å². The summed E-state index contributed by atoms with van der Waals surface area (Å²) in [4.78, 5) is 22.4. The van der Waals surface area contributed by atoms with Crippen molar-refractivity contribution in [1.29, 1.82) is 0 Å². The number of hydrogen-bond acceptors (Lipinski definition) is 5. The topological polar surface area (TPSA) is 54.8 Å². The molecule has 0 aliphatic rings.